The molecule has 0 fully saturated rings. The molecule has 0 bridgehead atoms. The summed E-state index contributed by atoms with van der Waals surface area (Å²) < 4.78 is 62.9. The molecule has 182 valence electrons. The summed E-state index contributed by atoms with van der Waals surface area (Å²) in [5.74, 6) is -0.171. The Morgan fingerprint density at radius 2 is 1.82 bits per heavy atom. The Bertz CT molecular complexity index is 981. The number of rotatable bonds is 12. The maximum absolute atomic E-state index is 13.2. The number of alkyl halides is 5. The molecule has 0 aliphatic carbocycles. The molecule has 2 aromatic carbocycles. The Labute approximate surface area is 206 Å². The fourth-order valence-electron chi connectivity index (χ4n) is 2.82. The zero-order valence-corrected chi connectivity index (χ0v) is 21.5. The van der Waals surface area contributed by atoms with Gasteiger partial charge in [-0.1, -0.05) is 31.9 Å². The van der Waals surface area contributed by atoms with Gasteiger partial charge < -0.3 is 9.26 Å². The van der Waals surface area contributed by atoms with Crippen molar-refractivity contribution < 1.29 is 31.9 Å². The van der Waals surface area contributed by atoms with Crippen LogP contribution in [0.4, 0.5) is 18.9 Å². The van der Waals surface area contributed by atoms with Crippen molar-refractivity contribution in [2.24, 2.45) is 0 Å². The highest BCUT2D eigenvalue weighted by Gasteiger charge is 2.30. The van der Waals surface area contributed by atoms with E-state index in [4.69, 9.17) is 9.26 Å². The molecule has 0 aromatic heterocycles. The van der Waals surface area contributed by atoms with Crippen LogP contribution < -0.4 is 9.82 Å². The van der Waals surface area contributed by atoms with Gasteiger partial charge in [0.2, 0.25) is 5.75 Å². The zero-order valence-electron chi connectivity index (χ0n) is 17.5. The third-order valence-electron chi connectivity index (χ3n) is 4.42. The quantitative estimate of drug-likeness (QED) is 0.115. The maximum Gasteiger partial charge on any atom is 0.416 e. The van der Waals surface area contributed by atoms with E-state index < -0.39 is 30.3 Å². The molecule has 2 rings (SSSR count). The maximum atomic E-state index is 13.2. The van der Waals surface area contributed by atoms with Crippen LogP contribution in [0.3, 0.4) is 0 Å². The van der Waals surface area contributed by atoms with Crippen molar-refractivity contribution in [3.05, 3.63) is 63.7 Å². The number of ether oxygens (including phenoxy) is 1. The number of benzene rings is 2. The molecule has 13 heteroatoms. The minimum absolute atomic E-state index is 0.00111. The summed E-state index contributed by atoms with van der Waals surface area (Å²) in [5.41, 5.74) is -0.775. The Balaban J connectivity index is 2.29. The summed E-state index contributed by atoms with van der Waals surface area (Å²) in [6.07, 6.45) is -4.31. The number of nitro benzene ring substituents is 1. The van der Waals surface area contributed by atoms with Crippen LogP contribution in [-0.2, 0) is 15.3 Å². The standard InChI is InChI=1S/C20H22Br2F3N2O5P/c1-14(32-33(30,12-2-9-21)26-11-10-22)15-3-8-18(27(28)29)19(13-15)31-17-6-4-16(5-7-17)20(23,24)25/h3-8,13-14H,2,9-12H2,1H3,(H,26,30). The predicted molar refractivity (Wildman–Crippen MR) is 127 cm³/mol. The molecule has 7 nitrogen and oxygen atoms in total. The van der Waals surface area contributed by atoms with Gasteiger partial charge in [0, 0.05) is 29.4 Å². The molecular weight excluding hydrogens is 596 g/mol. The number of hydrogen-bond acceptors (Lipinski definition) is 5. The lowest BCUT2D eigenvalue weighted by molar-refractivity contribution is -0.385. The second-order valence-corrected chi connectivity index (χ2v) is 10.8. The first-order valence-corrected chi connectivity index (χ1v) is 13.8. The topological polar surface area (TPSA) is 90.7 Å². The van der Waals surface area contributed by atoms with E-state index in [1.54, 1.807) is 6.92 Å². The Morgan fingerprint density at radius 3 is 2.36 bits per heavy atom. The summed E-state index contributed by atoms with van der Waals surface area (Å²) in [4.78, 5) is 10.8. The normalized spacial score (nSPS) is 14.5. The van der Waals surface area contributed by atoms with Crippen molar-refractivity contribution in [1.82, 2.24) is 5.09 Å². The number of nitro groups is 1. The third kappa shape index (κ3) is 8.36. The van der Waals surface area contributed by atoms with Gasteiger partial charge in [0.1, 0.15) is 5.75 Å². The van der Waals surface area contributed by atoms with Gasteiger partial charge in [-0.3, -0.25) is 14.7 Å². The summed E-state index contributed by atoms with van der Waals surface area (Å²) >= 11 is 6.57. The summed E-state index contributed by atoms with van der Waals surface area (Å²) in [6, 6.07) is 7.85. The van der Waals surface area contributed by atoms with Crippen LogP contribution in [0.5, 0.6) is 11.5 Å². The Kier molecular flexibility index (Phi) is 10.4. The first-order chi connectivity index (χ1) is 15.5. The molecule has 2 atom stereocenters. The van der Waals surface area contributed by atoms with Gasteiger partial charge in [0.25, 0.3) is 7.52 Å². The zero-order chi connectivity index (χ0) is 24.6. The lowest BCUT2D eigenvalue weighted by atomic mass is 10.1. The molecule has 0 saturated carbocycles. The van der Waals surface area contributed by atoms with Gasteiger partial charge >= 0.3 is 11.9 Å². The monoisotopic (exact) mass is 616 g/mol. The van der Waals surface area contributed by atoms with Crippen LogP contribution in [0.2, 0.25) is 0 Å². The van der Waals surface area contributed by atoms with Crippen LogP contribution in [-0.4, -0.2) is 28.3 Å². The van der Waals surface area contributed by atoms with Crippen LogP contribution in [0.15, 0.2) is 42.5 Å². The molecule has 0 aliphatic heterocycles. The van der Waals surface area contributed by atoms with Crippen LogP contribution in [0.1, 0.15) is 30.6 Å². The van der Waals surface area contributed by atoms with Crippen molar-refractivity contribution >= 4 is 45.1 Å². The number of nitrogens with zero attached hydrogens (tertiary/aromatic N) is 1. The molecule has 0 amide bonds. The molecule has 33 heavy (non-hydrogen) atoms. The molecule has 2 aromatic rings. The number of halogens is 5. The average molecular weight is 618 g/mol. The third-order valence-corrected chi connectivity index (χ3v) is 7.65. The van der Waals surface area contributed by atoms with Crippen LogP contribution >= 0.6 is 39.4 Å². The summed E-state index contributed by atoms with van der Waals surface area (Å²) in [7, 11) is -3.20. The van der Waals surface area contributed by atoms with E-state index in [2.05, 4.69) is 36.9 Å². The molecule has 0 saturated heterocycles. The van der Waals surface area contributed by atoms with Crippen molar-refractivity contribution in [2.75, 3.05) is 23.4 Å². The second-order valence-electron chi connectivity index (χ2n) is 6.89. The van der Waals surface area contributed by atoms with Gasteiger partial charge in [0.05, 0.1) is 16.6 Å². The second kappa shape index (κ2) is 12.3. The first-order valence-electron chi connectivity index (χ1n) is 9.77. The van der Waals surface area contributed by atoms with Crippen molar-refractivity contribution in [3.63, 3.8) is 0 Å². The van der Waals surface area contributed by atoms with Crippen molar-refractivity contribution in [2.45, 2.75) is 25.6 Å². The molecule has 0 heterocycles. The average Bonchev–Trinajstić information content (AvgIpc) is 2.76. The molecule has 0 spiro atoms. The summed E-state index contributed by atoms with van der Waals surface area (Å²) in [6.45, 7) is 2.08. The van der Waals surface area contributed by atoms with Crippen molar-refractivity contribution in [1.29, 1.82) is 0 Å². The van der Waals surface area contributed by atoms with Gasteiger partial charge in [-0.15, -0.1) is 0 Å². The number of hydrogen-bond donors (Lipinski definition) is 1. The minimum atomic E-state index is -4.51. The van der Waals surface area contributed by atoms with E-state index in [9.17, 15) is 27.9 Å². The highest BCUT2D eigenvalue weighted by molar-refractivity contribution is 9.09. The highest BCUT2D eigenvalue weighted by atomic mass is 79.9. The summed E-state index contributed by atoms with van der Waals surface area (Å²) in [5, 5.41) is 15.6. The molecule has 2 unspecified atom stereocenters. The van der Waals surface area contributed by atoms with E-state index >= 15 is 0 Å². The lowest BCUT2D eigenvalue weighted by Crippen LogP contribution is -2.18. The molecule has 0 radical (unpaired) electrons. The molecule has 0 aliphatic rings. The number of nitrogens with one attached hydrogen (secondary N) is 1. The highest BCUT2D eigenvalue weighted by Crippen LogP contribution is 2.48. The molecular formula is C20H22Br2F3N2O5P. The van der Waals surface area contributed by atoms with E-state index in [0.29, 0.717) is 29.2 Å². The lowest BCUT2D eigenvalue weighted by Gasteiger charge is -2.24. The van der Waals surface area contributed by atoms with E-state index in [1.807, 2.05) is 0 Å². The van der Waals surface area contributed by atoms with E-state index in [-0.39, 0.29) is 23.3 Å². The van der Waals surface area contributed by atoms with E-state index in [1.165, 1.54) is 18.2 Å². The smallest absolute Gasteiger partial charge is 0.416 e. The SMILES string of the molecule is CC(OP(=O)(CCCBr)NCCBr)c1ccc([N+](=O)[O-])c(Oc2ccc(C(F)(F)F)cc2)c1. The van der Waals surface area contributed by atoms with Crippen LogP contribution in [0, 0.1) is 10.1 Å². The molecule has 1 N–H and O–H groups in total. The van der Waals surface area contributed by atoms with Gasteiger partial charge in [-0.05, 0) is 55.3 Å². The van der Waals surface area contributed by atoms with Gasteiger partial charge in [-0.25, -0.2) is 5.09 Å². The minimum Gasteiger partial charge on any atom is -0.450 e. The van der Waals surface area contributed by atoms with Gasteiger partial charge in [-0.2, -0.15) is 13.2 Å². The first kappa shape index (κ1) is 27.8. The fraction of sp³-hybridized carbons (Fsp3) is 0.400. The van der Waals surface area contributed by atoms with Crippen LogP contribution in [0.25, 0.3) is 0 Å². The van der Waals surface area contributed by atoms with Gasteiger partial charge in [0.15, 0.2) is 0 Å². The Hall–Kier alpha value is -1.46. The van der Waals surface area contributed by atoms with E-state index in [0.717, 1.165) is 24.3 Å². The Morgan fingerprint density at radius 1 is 1.15 bits per heavy atom. The largest absolute Gasteiger partial charge is 0.450 e. The predicted octanol–water partition coefficient (Wildman–Crippen LogP) is 7.45. The van der Waals surface area contributed by atoms with Crippen molar-refractivity contribution in [3.8, 4) is 11.5 Å². The fourth-order valence-corrected chi connectivity index (χ4v) is 6.04.